The normalized spacial score (nSPS) is 16.6. The third-order valence-corrected chi connectivity index (χ3v) is 8.17. The van der Waals surface area contributed by atoms with E-state index < -0.39 is 6.04 Å². The van der Waals surface area contributed by atoms with Gasteiger partial charge in [0.05, 0.1) is 11.6 Å². The van der Waals surface area contributed by atoms with Crippen molar-refractivity contribution >= 4 is 34.2 Å². The van der Waals surface area contributed by atoms with Crippen LogP contribution in [0.4, 0.5) is 0 Å². The van der Waals surface area contributed by atoms with E-state index in [1.807, 2.05) is 12.1 Å². The van der Waals surface area contributed by atoms with Crippen LogP contribution in [-0.2, 0) is 11.2 Å². The van der Waals surface area contributed by atoms with Crippen LogP contribution in [0.15, 0.2) is 82.9 Å². The Bertz CT molecular complexity index is 1540. The Morgan fingerprint density at radius 1 is 1.00 bits per heavy atom. The molecule has 1 unspecified atom stereocenters. The molecular weight excluding hydrogens is 470 g/mol. The first kappa shape index (κ1) is 22.7. The summed E-state index contributed by atoms with van der Waals surface area (Å²) in [6, 6.07) is 19.0. The number of Topliss-reactive ketones (excluding diaryl/α,β-unsaturated/α-hetero) is 1. The standard InChI is InChI=1S/C29H25N3O3S/c33-25(19-10-12-30-13-11-19)16-31-28(35)24-17-36-29-27(20-8-9-20)22(15-26(34)32(24)29)14-21-6-3-5-18-4-1-2-7-23(18)21/h1-7,10-13,15,20,24H,8-9,14,16-17H2,(H,31,35). The molecule has 0 radical (unpaired) electrons. The van der Waals surface area contributed by atoms with Crippen molar-refractivity contribution in [3.8, 4) is 0 Å². The molecule has 1 aliphatic heterocycles. The van der Waals surface area contributed by atoms with Crippen LogP contribution in [0.3, 0.4) is 0 Å². The molecule has 36 heavy (non-hydrogen) atoms. The van der Waals surface area contributed by atoms with Gasteiger partial charge in [-0.05, 0) is 64.8 Å². The van der Waals surface area contributed by atoms with E-state index in [1.165, 1.54) is 21.9 Å². The van der Waals surface area contributed by atoms with E-state index in [0.717, 1.165) is 23.4 Å². The smallest absolute Gasteiger partial charge is 0.252 e. The predicted molar refractivity (Wildman–Crippen MR) is 141 cm³/mol. The monoisotopic (exact) mass is 495 g/mol. The number of nitrogens with zero attached hydrogens (tertiary/aromatic N) is 2. The summed E-state index contributed by atoms with van der Waals surface area (Å²) in [5, 5.41) is 6.05. The summed E-state index contributed by atoms with van der Waals surface area (Å²) >= 11 is 1.58. The first-order chi connectivity index (χ1) is 17.6. The number of pyridine rings is 2. The Kier molecular flexibility index (Phi) is 5.93. The molecular formula is C29H25N3O3S. The summed E-state index contributed by atoms with van der Waals surface area (Å²) in [4.78, 5) is 42.8. The molecule has 0 spiro atoms. The Hall–Kier alpha value is -3.71. The van der Waals surface area contributed by atoms with Crippen molar-refractivity contribution in [1.82, 2.24) is 14.9 Å². The molecule has 7 heteroatoms. The number of fused-ring (bicyclic) bond motifs is 2. The van der Waals surface area contributed by atoms with E-state index in [-0.39, 0.29) is 23.8 Å². The van der Waals surface area contributed by atoms with Crippen LogP contribution in [0.1, 0.15) is 51.8 Å². The summed E-state index contributed by atoms with van der Waals surface area (Å²) in [6.45, 7) is -0.108. The molecule has 6 rings (SSSR count). The minimum absolute atomic E-state index is 0.108. The molecule has 0 saturated heterocycles. The van der Waals surface area contributed by atoms with Crippen molar-refractivity contribution in [3.63, 3.8) is 0 Å². The molecule has 2 aromatic heterocycles. The first-order valence-electron chi connectivity index (χ1n) is 12.2. The highest BCUT2D eigenvalue weighted by molar-refractivity contribution is 7.99. The average Bonchev–Trinajstić information content (AvgIpc) is 3.64. The second-order valence-electron chi connectivity index (χ2n) is 9.39. The number of carbonyl (C=O) groups excluding carboxylic acids is 2. The highest BCUT2D eigenvalue weighted by atomic mass is 32.2. The van der Waals surface area contributed by atoms with Crippen LogP contribution in [0.2, 0.25) is 0 Å². The van der Waals surface area contributed by atoms with E-state index in [2.05, 4.69) is 40.6 Å². The number of thioether (sulfide) groups is 1. The lowest BCUT2D eigenvalue weighted by atomic mass is 9.95. The number of hydrogen-bond acceptors (Lipinski definition) is 5. The van der Waals surface area contributed by atoms with Crippen molar-refractivity contribution in [2.75, 3.05) is 12.3 Å². The number of aromatic nitrogens is 2. The number of nitrogens with one attached hydrogen (secondary N) is 1. The SMILES string of the molecule is O=C(CNC(=O)C1CSc2c(C3CC3)c(Cc3cccc4ccccc34)cc(=O)n21)c1ccncc1. The Morgan fingerprint density at radius 2 is 1.78 bits per heavy atom. The van der Waals surface area contributed by atoms with Gasteiger partial charge in [0.15, 0.2) is 5.78 Å². The molecule has 3 heterocycles. The van der Waals surface area contributed by atoms with Gasteiger partial charge >= 0.3 is 0 Å². The Balaban J connectivity index is 1.29. The minimum Gasteiger partial charge on any atom is -0.347 e. The number of rotatable bonds is 7. The van der Waals surface area contributed by atoms with Crippen molar-refractivity contribution in [3.05, 3.63) is 106 Å². The van der Waals surface area contributed by atoms with Crippen LogP contribution in [0.25, 0.3) is 10.8 Å². The largest absolute Gasteiger partial charge is 0.347 e. The highest BCUT2D eigenvalue weighted by Gasteiger charge is 2.37. The molecule has 1 amide bonds. The lowest BCUT2D eigenvalue weighted by molar-refractivity contribution is -0.123. The van der Waals surface area contributed by atoms with Gasteiger partial charge in [0.1, 0.15) is 6.04 Å². The fourth-order valence-electron chi connectivity index (χ4n) is 5.06. The predicted octanol–water partition coefficient (Wildman–Crippen LogP) is 4.51. The summed E-state index contributed by atoms with van der Waals surface area (Å²) in [5.74, 6) is 0.434. The van der Waals surface area contributed by atoms with E-state index in [0.29, 0.717) is 23.7 Å². The second-order valence-corrected chi connectivity index (χ2v) is 10.4. The molecule has 1 saturated carbocycles. The molecule has 0 bridgehead atoms. The molecule has 180 valence electrons. The summed E-state index contributed by atoms with van der Waals surface area (Å²) in [7, 11) is 0. The van der Waals surface area contributed by atoms with E-state index >= 15 is 0 Å². The summed E-state index contributed by atoms with van der Waals surface area (Å²) in [6.07, 6.45) is 5.99. The third kappa shape index (κ3) is 4.24. The average molecular weight is 496 g/mol. The highest BCUT2D eigenvalue weighted by Crippen LogP contribution is 2.48. The van der Waals surface area contributed by atoms with E-state index in [9.17, 15) is 14.4 Å². The fraction of sp³-hybridized carbons (Fsp3) is 0.241. The number of amides is 1. The van der Waals surface area contributed by atoms with Crippen LogP contribution in [-0.4, -0.2) is 33.5 Å². The molecule has 4 aromatic rings. The zero-order chi connectivity index (χ0) is 24.6. The Labute approximate surface area is 212 Å². The van der Waals surface area contributed by atoms with E-state index in [4.69, 9.17) is 0 Å². The van der Waals surface area contributed by atoms with Gasteiger partial charge in [-0.15, -0.1) is 11.8 Å². The van der Waals surface area contributed by atoms with Crippen LogP contribution in [0.5, 0.6) is 0 Å². The Morgan fingerprint density at radius 3 is 2.58 bits per heavy atom. The van der Waals surface area contributed by atoms with Gasteiger partial charge in [-0.25, -0.2) is 0 Å². The third-order valence-electron chi connectivity index (χ3n) is 6.99. The lowest BCUT2D eigenvalue weighted by Gasteiger charge is -2.18. The second kappa shape index (κ2) is 9.39. The summed E-state index contributed by atoms with van der Waals surface area (Å²) in [5.41, 5.74) is 3.82. The van der Waals surface area contributed by atoms with Crippen molar-refractivity contribution in [1.29, 1.82) is 0 Å². The number of carbonyl (C=O) groups is 2. The van der Waals surface area contributed by atoms with Gasteiger partial charge in [0.2, 0.25) is 5.91 Å². The number of benzene rings is 2. The molecule has 2 aromatic carbocycles. The van der Waals surface area contributed by atoms with Crippen molar-refractivity contribution in [2.45, 2.75) is 36.2 Å². The maximum atomic E-state index is 13.4. The molecule has 1 fully saturated rings. The fourth-order valence-corrected chi connectivity index (χ4v) is 6.49. The van der Waals surface area contributed by atoms with Gasteiger partial charge in [0.25, 0.3) is 5.56 Å². The first-order valence-corrected chi connectivity index (χ1v) is 13.2. The molecule has 1 aliphatic carbocycles. The zero-order valence-corrected chi connectivity index (χ0v) is 20.5. The molecule has 2 aliphatic rings. The molecule has 1 N–H and O–H groups in total. The van der Waals surface area contributed by atoms with Gasteiger partial charge in [-0.2, -0.15) is 0 Å². The lowest BCUT2D eigenvalue weighted by Crippen LogP contribution is -2.39. The minimum atomic E-state index is -0.619. The maximum absolute atomic E-state index is 13.4. The van der Waals surface area contributed by atoms with Gasteiger partial charge in [0, 0.05) is 29.8 Å². The van der Waals surface area contributed by atoms with Crippen LogP contribution < -0.4 is 10.9 Å². The van der Waals surface area contributed by atoms with Crippen LogP contribution in [0, 0.1) is 0 Å². The van der Waals surface area contributed by atoms with Gasteiger partial charge in [-0.3, -0.25) is 23.9 Å². The van der Waals surface area contributed by atoms with Crippen molar-refractivity contribution < 1.29 is 9.59 Å². The molecule has 1 atom stereocenters. The van der Waals surface area contributed by atoms with Crippen LogP contribution >= 0.6 is 11.8 Å². The van der Waals surface area contributed by atoms with Gasteiger partial charge in [-0.1, -0.05) is 42.5 Å². The quantitative estimate of drug-likeness (QED) is 0.382. The number of hydrogen-bond donors (Lipinski definition) is 1. The molecule has 6 nitrogen and oxygen atoms in total. The van der Waals surface area contributed by atoms with Gasteiger partial charge < -0.3 is 5.32 Å². The maximum Gasteiger partial charge on any atom is 0.252 e. The zero-order valence-electron chi connectivity index (χ0n) is 19.6. The topological polar surface area (TPSA) is 81.1 Å². The van der Waals surface area contributed by atoms with Crippen molar-refractivity contribution in [2.24, 2.45) is 0 Å². The summed E-state index contributed by atoms with van der Waals surface area (Å²) < 4.78 is 1.65. The number of ketones is 1. The van der Waals surface area contributed by atoms with E-state index in [1.54, 1.807) is 46.9 Å².